The molecule has 2 aromatic carbocycles. The third-order valence-corrected chi connectivity index (χ3v) is 8.12. The Hall–Kier alpha value is -3.19. The van der Waals surface area contributed by atoms with Crippen molar-refractivity contribution in [2.75, 3.05) is 32.0 Å². The van der Waals surface area contributed by atoms with E-state index in [9.17, 15) is 18.3 Å². The molecule has 0 aliphatic carbocycles. The Kier molecular flexibility index (Phi) is 8.87. The van der Waals surface area contributed by atoms with E-state index in [2.05, 4.69) is 10.5 Å². The largest absolute Gasteiger partial charge is 0.444 e. The maximum absolute atomic E-state index is 13.7. The molecule has 4 rings (SSSR count). The van der Waals surface area contributed by atoms with Crippen LogP contribution >= 0.6 is 0 Å². The quantitative estimate of drug-likeness (QED) is 0.329. The number of rotatable bonds is 11. The monoisotopic (exact) mass is 546 g/mol. The molecule has 206 valence electrons. The number of hydrogen-bond acceptors (Lipinski definition) is 9. The molecule has 0 radical (unpaired) electrons. The summed E-state index contributed by atoms with van der Waals surface area (Å²) < 4.78 is 44.4. The molecule has 38 heavy (non-hydrogen) atoms. The zero-order valence-electron chi connectivity index (χ0n) is 21.4. The fraction of sp³-hybridized carbons (Fsp3) is 0.462. The molecular formula is C26H34N4O7S. The van der Waals surface area contributed by atoms with Gasteiger partial charge in [-0.15, -0.1) is 0 Å². The van der Waals surface area contributed by atoms with E-state index in [-0.39, 0.29) is 42.2 Å². The van der Waals surface area contributed by atoms with Crippen LogP contribution < -0.4 is 11.1 Å². The normalized spacial score (nSPS) is 17.7. The first-order valence-corrected chi connectivity index (χ1v) is 14.0. The number of carbonyl (C=O) groups excluding carboxylic acids is 1. The van der Waals surface area contributed by atoms with Crippen molar-refractivity contribution in [1.82, 2.24) is 14.8 Å². The fourth-order valence-corrected chi connectivity index (χ4v) is 6.00. The molecule has 1 aromatic heterocycles. The van der Waals surface area contributed by atoms with Crippen molar-refractivity contribution in [3.05, 3.63) is 54.1 Å². The van der Waals surface area contributed by atoms with Crippen LogP contribution in [0.1, 0.15) is 25.8 Å². The van der Waals surface area contributed by atoms with Crippen LogP contribution in [0.5, 0.6) is 0 Å². The molecule has 0 spiro atoms. The van der Waals surface area contributed by atoms with Gasteiger partial charge in [-0.2, -0.15) is 4.31 Å². The van der Waals surface area contributed by atoms with Crippen molar-refractivity contribution in [2.24, 2.45) is 5.92 Å². The van der Waals surface area contributed by atoms with Gasteiger partial charge in [0.25, 0.3) is 0 Å². The first kappa shape index (κ1) is 27.8. The number of fused-ring (bicyclic) bond motifs is 1. The second-order valence-corrected chi connectivity index (χ2v) is 11.8. The number of alkyl carbamates (subject to hydrolysis) is 1. The van der Waals surface area contributed by atoms with Gasteiger partial charge in [0.05, 0.1) is 35.6 Å². The topological polar surface area (TPSA) is 157 Å². The highest BCUT2D eigenvalue weighted by atomic mass is 32.2. The maximum atomic E-state index is 13.7. The zero-order chi connectivity index (χ0) is 27.3. The minimum Gasteiger partial charge on any atom is -0.444 e. The Morgan fingerprint density at radius 3 is 2.68 bits per heavy atom. The van der Waals surface area contributed by atoms with Gasteiger partial charge in [-0.1, -0.05) is 49.3 Å². The van der Waals surface area contributed by atoms with Gasteiger partial charge in [-0.05, 0) is 36.1 Å². The van der Waals surface area contributed by atoms with Crippen LogP contribution in [0, 0.1) is 5.92 Å². The number of anilines is 1. The predicted molar refractivity (Wildman–Crippen MR) is 141 cm³/mol. The molecule has 12 heteroatoms. The second-order valence-electron chi connectivity index (χ2n) is 9.84. The predicted octanol–water partition coefficient (Wildman–Crippen LogP) is 2.54. The van der Waals surface area contributed by atoms with E-state index in [1.807, 2.05) is 44.2 Å². The average Bonchev–Trinajstić information content (AvgIpc) is 3.53. The van der Waals surface area contributed by atoms with E-state index in [0.29, 0.717) is 30.6 Å². The number of amides is 1. The Morgan fingerprint density at radius 1 is 1.24 bits per heavy atom. The second kappa shape index (κ2) is 12.1. The third-order valence-electron chi connectivity index (χ3n) is 6.29. The van der Waals surface area contributed by atoms with Gasteiger partial charge in [-0.3, -0.25) is 0 Å². The van der Waals surface area contributed by atoms with Crippen molar-refractivity contribution >= 4 is 32.9 Å². The molecule has 1 aliphatic rings. The van der Waals surface area contributed by atoms with Crippen molar-refractivity contribution in [3.8, 4) is 0 Å². The SMILES string of the molecule is CC(C)CN(CC(O)C(Cc1ccccc1)NC(=O)OC1CCOC1)S(=O)(=O)c1ccc2onc(N)c2c1. The molecule has 1 aliphatic heterocycles. The lowest BCUT2D eigenvalue weighted by atomic mass is 10.0. The van der Waals surface area contributed by atoms with Crippen LogP contribution in [0.25, 0.3) is 11.0 Å². The standard InChI is InChI=1S/C26H34N4O7S/c1-17(2)14-30(38(33,34)20-8-9-24-21(13-20)25(27)29-37-24)15-23(31)22(12-18-6-4-3-5-7-18)28-26(32)36-19-10-11-35-16-19/h3-9,13,17,19,22-23,31H,10-12,14-16H2,1-2H3,(H2,27,29)(H,28,32). The molecular weight excluding hydrogens is 512 g/mol. The smallest absolute Gasteiger partial charge is 0.407 e. The van der Waals surface area contributed by atoms with Crippen LogP contribution in [0.2, 0.25) is 0 Å². The summed E-state index contributed by atoms with van der Waals surface area (Å²) in [4.78, 5) is 12.7. The lowest BCUT2D eigenvalue weighted by Gasteiger charge is -2.30. The number of aromatic nitrogens is 1. The van der Waals surface area contributed by atoms with Crippen molar-refractivity contribution in [2.45, 2.75) is 49.8 Å². The van der Waals surface area contributed by atoms with Gasteiger partial charge in [-0.25, -0.2) is 13.2 Å². The third kappa shape index (κ3) is 6.81. The molecule has 1 saturated heterocycles. The van der Waals surface area contributed by atoms with Crippen molar-refractivity contribution < 1.29 is 32.3 Å². The summed E-state index contributed by atoms with van der Waals surface area (Å²) in [6.07, 6.45) is -1.41. The van der Waals surface area contributed by atoms with Gasteiger partial charge in [0.1, 0.15) is 6.10 Å². The minimum absolute atomic E-state index is 0.000890. The fourth-order valence-electron chi connectivity index (χ4n) is 4.35. The van der Waals surface area contributed by atoms with E-state index >= 15 is 0 Å². The van der Waals surface area contributed by atoms with Gasteiger partial charge >= 0.3 is 6.09 Å². The van der Waals surface area contributed by atoms with Gasteiger partial charge in [0.15, 0.2) is 11.4 Å². The highest BCUT2D eigenvalue weighted by Crippen LogP contribution is 2.26. The van der Waals surface area contributed by atoms with E-state index in [1.165, 1.54) is 22.5 Å². The van der Waals surface area contributed by atoms with Crippen molar-refractivity contribution in [1.29, 1.82) is 0 Å². The van der Waals surface area contributed by atoms with E-state index < -0.39 is 28.3 Å². The van der Waals surface area contributed by atoms with Gasteiger partial charge in [0.2, 0.25) is 10.0 Å². The van der Waals surface area contributed by atoms with Crippen LogP contribution in [0.3, 0.4) is 0 Å². The Balaban J connectivity index is 1.57. The van der Waals surface area contributed by atoms with Gasteiger partial charge < -0.3 is 30.2 Å². The van der Waals surface area contributed by atoms with E-state index in [1.54, 1.807) is 0 Å². The molecule has 1 fully saturated rings. The molecule has 3 unspecified atom stereocenters. The van der Waals surface area contributed by atoms with Crippen molar-refractivity contribution in [3.63, 3.8) is 0 Å². The number of nitrogen functional groups attached to an aromatic ring is 1. The Morgan fingerprint density at radius 2 is 2.00 bits per heavy atom. The number of nitrogens with one attached hydrogen (secondary N) is 1. The number of nitrogens with two attached hydrogens (primary N) is 1. The summed E-state index contributed by atoms with van der Waals surface area (Å²) >= 11 is 0. The molecule has 0 bridgehead atoms. The number of aliphatic hydroxyl groups is 1. The van der Waals surface area contributed by atoms with Gasteiger partial charge in [0, 0.05) is 19.5 Å². The van der Waals surface area contributed by atoms with Crippen LogP contribution in [-0.2, 0) is 25.9 Å². The first-order valence-electron chi connectivity index (χ1n) is 12.6. The summed E-state index contributed by atoms with van der Waals surface area (Å²) in [7, 11) is -4.04. The van der Waals surface area contributed by atoms with E-state index in [4.69, 9.17) is 19.7 Å². The maximum Gasteiger partial charge on any atom is 0.407 e. The lowest BCUT2D eigenvalue weighted by molar-refractivity contribution is 0.0644. The number of hydrogen-bond donors (Lipinski definition) is 3. The highest BCUT2D eigenvalue weighted by Gasteiger charge is 2.32. The summed E-state index contributed by atoms with van der Waals surface area (Å²) in [5.74, 6) is 0.0556. The summed E-state index contributed by atoms with van der Waals surface area (Å²) in [6, 6.07) is 12.8. The lowest BCUT2D eigenvalue weighted by Crippen LogP contribution is -2.51. The Bertz CT molecular complexity index is 1320. The van der Waals surface area contributed by atoms with Crippen LogP contribution in [-0.4, -0.2) is 73.6 Å². The molecule has 4 N–H and O–H groups in total. The molecule has 2 heterocycles. The van der Waals surface area contributed by atoms with Crippen LogP contribution in [0.4, 0.5) is 10.6 Å². The van der Waals surface area contributed by atoms with E-state index in [0.717, 1.165) is 5.56 Å². The Labute approximate surface area is 221 Å². The summed E-state index contributed by atoms with van der Waals surface area (Å²) in [5, 5.41) is 18.1. The zero-order valence-corrected chi connectivity index (χ0v) is 22.3. The molecule has 11 nitrogen and oxygen atoms in total. The van der Waals surface area contributed by atoms with Crippen LogP contribution in [0.15, 0.2) is 57.9 Å². The summed E-state index contributed by atoms with van der Waals surface area (Å²) in [6.45, 7) is 4.51. The summed E-state index contributed by atoms with van der Waals surface area (Å²) in [5.41, 5.74) is 7.07. The number of ether oxygens (including phenoxy) is 2. The molecule has 3 atom stereocenters. The highest BCUT2D eigenvalue weighted by molar-refractivity contribution is 7.89. The number of sulfonamides is 1. The first-order chi connectivity index (χ1) is 18.1. The number of aliphatic hydroxyl groups excluding tert-OH is 1. The minimum atomic E-state index is -4.04. The number of benzene rings is 2. The molecule has 0 saturated carbocycles. The number of carbonyl (C=O) groups is 1. The molecule has 1 amide bonds. The average molecular weight is 547 g/mol. The molecule has 3 aromatic rings. The number of nitrogens with zero attached hydrogens (tertiary/aromatic N) is 2.